The molecule has 0 unspecified atom stereocenters. The Balaban J connectivity index is 2.51. The first-order valence-electron chi connectivity index (χ1n) is 4.17. The third kappa shape index (κ3) is 1.54. The van der Waals surface area contributed by atoms with Crippen LogP contribution in [0.3, 0.4) is 0 Å². The van der Waals surface area contributed by atoms with Crippen LogP contribution in [0.15, 0.2) is 36.9 Å². The highest BCUT2D eigenvalue weighted by Crippen LogP contribution is 2.24. The van der Waals surface area contributed by atoms with Crippen LogP contribution < -0.4 is 4.74 Å². The predicted molar refractivity (Wildman–Crippen MR) is 51.8 cm³/mol. The summed E-state index contributed by atoms with van der Waals surface area (Å²) in [5.74, 6) is 0.714. The fourth-order valence-corrected chi connectivity index (χ4v) is 1.18. The number of rotatable bonds is 2. The van der Waals surface area contributed by atoms with Crippen molar-refractivity contribution in [1.82, 2.24) is 15.0 Å². The molecule has 0 fully saturated rings. The maximum absolute atomic E-state index is 5.18. The van der Waals surface area contributed by atoms with Gasteiger partial charge in [-0.1, -0.05) is 0 Å². The van der Waals surface area contributed by atoms with Crippen LogP contribution in [0.1, 0.15) is 0 Å². The first-order chi connectivity index (χ1) is 6.92. The van der Waals surface area contributed by atoms with Crippen molar-refractivity contribution in [2.45, 2.75) is 0 Å². The van der Waals surface area contributed by atoms with Crippen LogP contribution in [-0.4, -0.2) is 22.1 Å². The van der Waals surface area contributed by atoms with Crippen LogP contribution in [0.5, 0.6) is 5.75 Å². The summed E-state index contributed by atoms with van der Waals surface area (Å²) < 4.78 is 5.18. The Kier molecular flexibility index (Phi) is 2.36. The number of nitrogens with zero attached hydrogens (tertiary/aromatic N) is 3. The largest absolute Gasteiger partial charge is 0.494 e. The highest BCUT2D eigenvalue weighted by atomic mass is 16.5. The minimum absolute atomic E-state index is 0.714. The summed E-state index contributed by atoms with van der Waals surface area (Å²) in [6.45, 7) is 0. The second-order valence-corrected chi connectivity index (χ2v) is 2.65. The maximum Gasteiger partial charge on any atom is 0.146 e. The van der Waals surface area contributed by atoms with E-state index in [0.29, 0.717) is 5.75 Å². The molecule has 14 heavy (non-hydrogen) atoms. The summed E-state index contributed by atoms with van der Waals surface area (Å²) in [5, 5.41) is 0. The van der Waals surface area contributed by atoms with E-state index in [9.17, 15) is 0 Å². The molecule has 0 bridgehead atoms. The first kappa shape index (κ1) is 8.62. The van der Waals surface area contributed by atoms with Gasteiger partial charge in [0.1, 0.15) is 17.8 Å². The number of hydrogen-bond donors (Lipinski definition) is 0. The molecule has 0 aliphatic rings. The Morgan fingerprint density at radius 1 is 1.14 bits per heavy atom. The number of aromatic nitrogens is 3. The molecule has 2 aromatic heterocycles. The van der Waals surface area contributed by atoms with E-state index in [-0.39, 0.29) is 0 Å². The summed E-state index contributed by atoms with van der Waals surface area (Å²) in [6.07, 6.45) is 4.87. The molecule has 0 radical (unpaired) electrons. The number of pyridine rings is 1. The summed E-state index contributed by atoms with van der Waals surface area (Å²) in [6, 6.07) is 5.47. The highest BCUT2D eigenvalue weighted by Gasteiger charge is 2.06. The molecular formula is C10H9N3O. The Bertz CT molecular complexity index is 417. The predicted octanol–water partition coefficient (Wildman–Crippen LogP) is 1.55. The molecule has 0 saturated carbocycles. The van der Waals surface area contributed by atoms with E-state index in [1.165, 1.54) is 6.33 Å². The van der Waals surface area contributed by atoms with Crippen LogP contribution in [0.2, 0.25) is 0 Å². The van der Waals surface area contributed by atoms with Gasteiger partial charge in [-0.15, -0.1) is 0 Å². The average Bonchev–Trinajstić information content (AvgIpc) is 2.30. The van der Waals surface area contributed by atoms with Crippen molar-refractivity contribution < 1.29 is 4.74 Å². The second kappa shape index (κ2) is 3.83. The molecule has 0 spiro atoms. The van der Waals surface area contributed by atoms with Gasteiger partial charge in [0, 0.05) is 12.4 Å². The van der Waals surface area contributed by atoms with Crippen molar-refractivity contribution in [3.05, 3.63) is 36.9 Å². The molecule has 0 aliphatic heterocycles. The molecule has 2 aromatic rings. The van der Waals surface area contributed by atoms with Gasteiger partial charge in [-0.2, -0.15) is 0 Å². The van der Waals surface area contributed by atoms with Gasteiger partial charge >= 0.3 is 0 Å². The monoisotopic (exact) mass is 187 g/mol. The van der Waals surface area contributed by atoms with Gasteiger partial charge in [-0.25, -0.2) is 9.97 Å². The molecule has 0 amide bonds. The Hall–Kier alpha value is -1.97. The normalized spacial score (nSPS) is 9.79. The topological polar surface area (TPSA) is 47.9 Å². The zero-order valence-corrected chi connectivity index (χ0v) is 7.71. The van der Waals surface area contributed by atoms with Crippen molar-refractivity contribution >= 4 is 0 Å². The van der Waals surface area contributed by atoms with E-state index >= 15 is 0 Å². The van der Waals surface area contributed by atoms with Crippen molar-refractivity contribution in [3.8, 4) is 17.1 Å². The van der Waals surface area contributed by atoms with E-state index in [4.69, 9.17) is 4.74 Å². The lowest BCUT2D eigenvalue weighted by Crippen LogP contribution is -1.92. The van der Waals surface area contributed by atoms with Gasteiger partial charge < -0.3 is 4.74 Å². The Labute approximate surface area is 81.6 Å². The Morgan fingerprint density at radius 2 is 2.07 bits per heavy atom. The van der Waals surface area contributed by atoms with Crippen molar-refractivity contribution in [3.63, 3.8) is 0 Å². The second-order valence-electron chi connectivity index (χ2n) is 2.65. The SMILES string of the molecule is COc1cccnc1-c1ccncn1. The molecular weight excluding hydrogens is 178 g/mol. The number of methoxy groups -OCH3 is 1. The first-order valence-corrected chi connectivity index (χ1v) is 4.17. The highest BCUT2D eigenvalue weighted by molar-refractivity contribution is 5.61. The lowest BCUT2D eigenvalue weighted by Gasteiger charge is -2.04. The molecule has 2 rings (SSSR count). The van der Waals surface area contributed by atoms with Crippen LogP contribution in [0, 0.1) is 0 Å². The van der Waals surface area contributed by atoms with Gasteiger partial charge in [0.05, 0.1) is 12.8 Å². The third-order valence-electron chi connectivity index (χ3n) is 1.82. The van der Waals surface area contributed by atoms with Crippen LogP contribution in [0.25, 0.3) is 11.4 Å². The van der Waals surface area contributed by atoms with E-state index in [2.05, 4.69) is 15.0 Å². The standard InChI is InChI=1S/C10H9N3O/c1-14-9-3-2-5-12-10(9)8-4-6-11-7-13-8/h2-7H,1H3. The average molecular weight is 187 g/mol. The molecule has 0 aromatic carbocycles. The van der Waals surface area contributed by atoms with Crippen LogP contribution in [0.4, 0.5) is 0 Å². The van der Waals surface area contributed by atoms with E-state index in [0.717, 1.165) is 11.4 Å². The molecule has 2 heterocycles. The smallest absolute Gasteiger partial charge is 0.146 e. The van der Waals surface area contributed by atoms with Gasteiger partial charge in [0.2, 0.25) is 0 Å². The minimum Gasteiger partial charge on any atom is -0.494 e. The molecule has 0 atom stereocenters. The van der Waals surface area contributed by atoms with Crippen molar-refractivity contribution in [1.29, 1.82) is 0 Å². The zero-order chi connectivity index (χ0) is 9.80. The van der Waals surface area contributed by atoms with Gasteiger partial charge in [-0.3, -0.25) is 4.98 Å². The molecule has 0 N–H and O–H groups in total. The fraction of sp³-hybridized carbons (Fsp3) is 0.100. The van der Waals surface area contributed by atoms with E-state index in [1.807, 2.05) is 12.1 Å². The summed E-state index contributed by atoms with van der Waals surface area (Å²) >= 11 is 0. The molecule has 70 valence electrons. The third-order valence-corrected chi connectivity index (χ3v) is 1.82. The fourth-order valence-electron chi connectivity index (χ4n) is 1.18. The summed E-state index contributed by atoms with van der Waals surface area (Å²) in [7, 11) is 1.61. The molecule has 4 nitrogen and oxygen atoms in total. The minimum atomic E-state index is 0.714. The summed E-state index contributed by atoms with van der Waals surface area (Å²) in [4.78, 5) is 12.2. The lowest BCUT2D eigenvalue weighted by molar-refractivity contribution is 0.414. The van der Waals surface area contributed by atoms with Gasteiger partial charge in [0.15, 0.2) is 0 Å². The number of ether oxygens (including phenoxy) is 1. The van der Waals surface area contributed by atoms with Crippen LogP contribution >= 0.6 is 0 Å². The Morgan fingerprint density at radius 3 is 2.79 bits per heavy atom. The number of hydrogen-bond acceptors (Lipinski definition) is 4. The van der Waals surface area contributed by atoms with Gasteiger partial charge in [0.25, 0.3) is 0 Å². The summed E-state index contributed by atoms with van der Waals surface area (Å²) in [5.41, 5.74) is 1.50. The van der Waals surface area contributed by atoms with Crippen molar-refractivity contribution in [2.24, 2.45) is 0 Å². The van der Waals surface area contributed by atoms with Crippen molar-refractivity contribution in [2.75, 3.05) is 7.11 Å². The molecule has 0 saturated heterocycles. The molecule has 0 aliphatic carbocycles. The quantitative estimate of drug-likeness (QED) is 0.715. The zero-order valence-electron chi connectivity index (χ0n) is 7.71. The van der Waals surface area contributed by atoms with E-state index < -0.39 is 0 Å². The lowest BCUT2D eigenvalue weighted by atomic mass is 10.2. The maximum atomic E-state index is 5.18. The van der Waals surface area contributed by atoms with E-state index in [1.54, 1.807) is 25.6 Å². The van der Waals surface area contributed by atoms with Crippen LogP contribution in [-0.2, 0) is 0 Å². The molecule has 4 heteroatoms. The van der Waals surface area contributed by atoms with Gasteiger partial charge in [-0.05, 0) is 18.2 Å².